The number of hydrogen-bond acceptors (Lipinski definition) is 3. The van der Waals surface area contributed by atoms with E-state index >= 15 is 0 Å². The summed E-state index contributed by atoms with van der Waals surface area (Å²) in [5.74, 6) is -1.01. The Morgan fingerprint density at radius 1 is 1.17 bits per heavy atom. The normalized spacial score (nSPS) is 18.1. The lowest BCUT2D eigenvalue weighted by molar-refractivity contribution is -0.138. The zero-order chi connectivity index (χ0) is 17.3. The number of nitrogens with zero attached hydrogens (tertiary/aromatic N) is 1. The zero-order valence-electron chi connectivity index (χ0n) is 13.3. The van der Waals surface area contributed by atoms with Gasteiger partial charge in [0.1, 0.15) is 0 Å². The third-order valence-corrected chi connectivity index (χ3v) is 6.28. The van der Waals surface area contributed by atoms with E-state index in [1.807, 2.05) is 31.2 Å². The van der Waals surface area contributed by atoms with Gasteiger partial charge in [0.2, 0.25) is 10.0 Å². The molecule has 0 amide bonds. The van der Waals surface area contributed by atoms with Gasteiger partial charge in [0, 0.05) is 6.54 Å². The van der Waals surface area contributed by atoms with Crippen LogP contribution >= 0.6 is 0 Å². The molecule has 0 radical (unpaired) electrons. The average Bonchev–Trinajstić information content (AvgIpc) is 2.55. The smallest absolute Gasteiger partial charge is 0.305 e. The van der Waals surface area contributed by atoms with Crippen molar-refractivity contribution >= 4 is 16.0 Å². The minimum Gasteiger partial charge on any atom is -0.481 e. The number of carbonyl (C=O) groups is 1. The van der Waals surface area contributed by atoms with Gasteiger partial charge >= 0.3 is 5.97 Å². The Morgan fingerprint density at radius 3 is 2.50 bits per heavy atom. The summed E-state index contributed by atoms with van der Waals surface area (Å²) in [5.41, 5.74) is 2.76. The lowest BCUT2D eigenvalue weighted by atomic mass is 9.92. The van der Waals surface area contributed by atoms with Crippen LogP contribution in [-0.2, 0) is 21.2 Å². The number of benzene rings is 2. The van der Waals surface area contributed by atoms with Gasteiger partial charge in [-0.15, -0.1) is 0 Å². The highest BCUT2D eigenvalue weighted by Crippen LogP contribution is 2.36. The van der Waals surface area contributed by atoms with Crippen molar-refractivity contribution in [1.29, 1.82) is 0 Å². The van der Waals surface area contributed by atoms with Crippen LogP contribution in [0.2, 0.25) is 0 Å². The number of sulfonamides is 1. The van der Waals surface area contributed by atoms with E-state index in [9.17, 15) is 18.3 Å². The molecule has 0 aromatic heterocycles. The van der Waals surface area contributed by atoms with E-state index < -0.39 is 22.0 Å². The Balaban J connectivity index is 2.05. The van der Waals surface area contributed by atoms with E-state index in [2.05, 4.69) is 0 Å². The fourth-order valence-corrected chi connectivity index (χ4v) is 4.74. The molecule has 1 heterocycles. The topological polar surface area (TPSA) is 74.7 Å². The molecular weight excluding hydrogens is 326 g/mol. The Labute approximate surface area is 141 Å². The van der Waals surface area contributed by atoms with Gasteiger partial charge in [-0.05, 0) is 36.6 Å². The molecule has 3 rings (SSSR count). The standard InChI is InChI=1S/C18H19NO4S/c1-13-6-8-15(9-7-13)24(22,23)19-11-10-14-4-2-3-5-16(14)17(19)12-18(20)21/h2-9,17H,10-12H2,1H3,(H,20,21)/t17-/m1/s1. The molecule has 1 aliphatic rings. The predicted octanol–water partition coefficient (Wildman–Crippen LogP) is 2.76. The predicted molar refractivity (Wildman–Crippen MR) is 90.2 cm³/mol. The maximum absolute atomic E-state index is 13.0. The first kappa shape index (κ1) is 16.7. The number of fused-ring (bicyclic) bond motifs is 1. The van der Waals surface area contributed by atoms with Crippen molar-refractivity contribution in [3.8, 4) is 0 Å². The van der Waals surface area contributed by atoms with Crippen LogP contribution in [0.4, 0.5) is 0 Å². The number of rotatable bonds is 4. The SMILES string of the molecule is Cc1ccc(S(=O)(=O)N2CCc3ccccc3[C@H]2CC(=O)O)cc1. The monoisotopic (exact) mass is 345 g/mol. The van der Waals surface area contributed by atoms with Crippen molar-refractivity contribution in [3.63, 3.8) is 0 Å². The minimum absolute atomic E-state index is 0.197. The van der Waals surface area contributed by atoms with Crippen LogP contribution in [-0.4, -0.2) is 30.3 Å². The molecule has 0 bridgehead atoms. The van der Waals surface area contributed by atoms with Crippen molar-refractivity contribution < 1.29 is 18.3 Å². The molecule has 5 nitrogen and oxygen atoms in total. The number of carboxylic acid groups (broad SMARTS) is 1. The van der Waals surface area contributed by atoms with Gasteiger partial charge in [-0.2, -0.15) is 4.31 Å². The number of aryl methyl sites for hydroxylation is 1. The molecule has 0 saturated carbocycles. The summed E-state index contributed by atoms with van der Waals surface area (Å²) in [6.07, 6.45) is 0.333. The first-order chi connectivity index (χ1) is 11.4. The number of carboxylic acids is 1. The van der Waals surface area contributed by atoms with Crippen molar-refractivity contribution in [1.82, 2.24) is 4.31 Å². The molecule has 0 unspecified atom stereocenters. The first-order valence-corrected chi connectivity index (χ1v) is 9.22. The van der Waals surface area contributed by atoms with E-state index in [0.29, 0.717) is 6.42 Å². The summed E-state index contributed by atoms with van der Waals surface area (Å²) >= 11 is 0. The summed E-state index contributed by atoms with van der Waals surface area (Å²) < 4.78 is 27.4. The molecular formula is C18H19NO4S. The second-order valence-electron chi connectivity index (χ2n) is 5.99. The molecule has 2 aromatic rings. The second kappa shape index (κ2) is 6.37. The van der Waals surface area contributed by atoms with Crippen LogP contribution in [0.1, 0.15) is 29.2 Å². The van der Waals surface area contributed by atoms with Gasteiger partial charge < -0.3 is 5.11 Å². The van der Waals surface area contributed by atoms with Gasteiger partial charge in [0.15, 0.2) is 0 Å². The maximum atomic E-state index is 13.0. The van der Waals surface area contributed by atoms with E-state index in [1.165, 1.54) is 4.31 Å². The molecule has 0 saturated heterocycles. The van der Waals surface area contributed by atoms with Crippen molar-refractivity contribution in [2.24, 2.45) is 0 Å². The third-order valence-electron chi connectivity index (χ3n) is 4.36. The van der Waals surface area contributed by atoms with E-state index in [1.54, 1.807) is 24.3 Å². The van der Waals surface area contributed by atoms with Gasteiger partial charge in [-0.25, -0.2) is 8.42 Å². The van der Waals surface area contributed by atoms with Gasteiger partial charge in [-0.1, -0.05) is 42.0 Å². The number of hydrogen-bond donors (Lipinski definition) is 1. The summed E-state index contributed by atoms with van der Waals surface area (Å²) in [7, 11) is -3.75. The fourth-order valence-electron chi connectivity index (χ4n) is 3.14. The average molecular weight is 345 g/mol. The first-order valence-electron chi connectivity index (χ1n) is 7.77. The Kier molecular flexibility index (Phi) is 4.43. The Hall–Kier alpha value is -2.18. The van der Waals surface area contributed by atoms with Crippen molar-refractivity contribution in [2.45, 2.75) is 30.7 Å². The van der Waals surface area contributed by atoms with Crippen molar-refractivity contribution in [2.75, 3.05) is 6.54 Å². The summed E-state index contributed by atoms with van der Waals surface area (Å²) in [4.78, 5) is 11.5. The molecule has 1 atom stereocenters. The van der Waals surface area contributed by atoms with Crippen LogP contribution in [0.5, 0.6) is 0 Å². The molecule has 1 aliphatic heterocycles. The molecule has 6 heteroatoms. The van der Waals surface area contributed by atoms with E-state index in [4.69, 9.17) is 0 Å². The Bertz CT molecular complexity index is 859. The van der Waals surface area contributed by atoms with Crippen LogP contribution in [0, 0.1) is 6.92 Å². The highest BCUT2D eigenvalue weighted by atomic mass is 32.2. The molecule has 24 heavy (non-hydrogen) atoms. The Morgan fingerprint density at radius 2 is 1.83 bits per heavy atom. The van der Waals surface area contributed by atoms with Crippen LogP contribution in [0.3, 0.4) is 0 Å². The van der Waals surface area contributed by atoms with Crippen LogP contribution < -0.4 is 0 Å². The van der Waals surface area contributed by atoms with E-state index in [-0.39, 0.29) is 17.9 Å². The molecule has 126 valence electrons. The van der Waals surface area contributed by atoms with Crippen LogP contribution in [0.15, 0.2) is 53.4 Å². The van der Waals surface area contributed by atoms with E-state index in [0.717, 1.165) is 16.7 Å². The molecule has 0 aliphatic carbocycles. The van der Waals surface area contributed by atoms with Gasteiger partial charge in [-0.3, -0.25) is 4.79 Å². The fraction of sp³-hybridized carbons (Fsp3) is 0.278. The molecule has 1 N–H and O–H groups in total. The largest absolute Gasteiger partial charge is 0.481 e. The highest BCUT2D eigenvalue weighted by Gasteiger charge is 2.37. The molecule has 2 aromatic carbocycles. The second-order valence-corrected chi connectivity index (χ2v) is 7.88. The number of aliphatic carboxylic acids is 1. The van der Waals surface area contributed by atoms with Crippen LogP contribution in [0.25, 0.3) is 0 Å². The summed E-state index contributed by atoms with van der Waals surface area (Å²) in [5, 5.41) is 9.26. The molecule has 0 spiro atoms. The van der Waals surface area contributed by atoms with Gasteiger partial charge in [0.05, 0.1) is 17.4 Å². The highest BCUT2D eigenvalue weighted by molar-refractivity contribution is 7.89. The van der Waals surface area contributed by atoms with Crippen molar-refractivity contribution in [3.05, 3.63) is 65.2 Å². The summed E-state index contributed by atoms with van der Waals surface area (Å²) in [6.45, 7) is 2.17. The summed E-state index contributed by atoms with van der Waals surface area (Å²) in [6, 6.07) is 13.4. The lowest BCUT2D eigenvalue weighted by Crippen LogP contribution is -2.40. The van der Waals surface area contributed by atoms with Gasteiger partial charge in [0.25, 0.3) is 0 Å². The third kappa shape index (κ3) is 3.07. The zero-order valence-corrected chi connectivity index (χ0v) is 14.2. The molecule has 0 fully saturated rings. The lowest BCUT2D eigenvalue weighted by Gasteiger charge is -2.35. The quantitative estimate of drug-likeness (QED) is 0.924. The maximum Gasteiger partial charge on any atom is 0.305 e. The minimum atomic E-state index is -3.75.